The van der Waals surface area contributed by atoms with E-state index in [1.807, 2.05) is 0 Å². The van der Waals surface area contributed by atoms with E-state index in [0.29, 0.717) is 51.8 Å². The quantitative estimate of drug-likeness (QED) is 0.0815. The zero-order chi connectivity index (χ0) is 31.5. The number of carbonyl (C=O) groups excluding carboxylic acids is 2. The molecule has 0 radical (unpaired) electrons. The number of allylic oxidation sites excluding steroid dienone is 1. The maximum Gasteiger partial charge on any atom is 0.341 e. The van der Waals surface area contributed by atoms with Gasteiger partial charge in [-0.2, -0.15) is 5.10 Å². The molecular weight excluding hydrogens is 632 g/mol. The van der Waals surface area contributed by atoms with Gasteiger partial charge in [-0.05, 0) is 72.1 Å². The lowest BCUT2D eigenvalue weighted by molar-refractivity contribution is -0.139. The van der Waals surface area contributed by atoms with Crippen molar-refractivity contribution >= 4 is 40.1 Å². The van der Waals surface area contributed by atoms with E-state index in [-0.39, 0.29) is 17.9 Å². The molecule has 43 heavy (non-hydrogen) atoms. The van der Waals surface area contributed by atoms with Gasteiger partial charge in [0.05, 0.1) is 42.6 Å². The van der Waals surface area contributed by atoms with Crippen molar-refractivity contribution in [1.82, 2.24) is 16.1 Å². The molecule has 232 valence electrons. The standard InChI is InChI=1S/C28H33BrN4O10/c1-5-40-20-11-17(25-24(27(37)39-4)15(3)31-28(38)32-25)7-8-19(20)42-13-22(34)33-30-12-16-9-18(29)26(43-14-23(35)36)21(10-16)41-6-2/h7-12,22,25,33-34H,5-6,13-14H2,1-4H3,(H,35,36)(H2,31,32,38)/b30-12-/t22-,25-/m1/s1. The van der Waals surface area contributed by atoms with Crippen LogP contribution in [0.15, 0.2) is 51.2 Å². The van der Waals surface area contributed by atoms with Crippen LogP contribution in [0.25, 0.3) is 0 Å². The molecule has 0 saturated carbocycles. The minimum atomic E-state index is -1.21. The second-order valence-electron chi connectivity index (χ2n) is 8.86. The van der Waals surface area contributed by atoms with Gasteiger partial charge in [-0.25, -0.2) is 14.4 Å². The van der Waals surface area contributed by atoms with E-state index in [1.54, 1.807) is 51.1 Å². The monoisotopic (exact) mass is 664 g/mol. The van der Waals surface area contributed by atoms with Gasteiger partial charge < -0.3 is 44.5 Å². The van der Waals surface area contributed by atoms with Crippen LogP contribution in [0.1, 0.15) is 37.9 Å². The summed E-state index contributed by atoms with van der Waals surface area (Å²) in [5.41, 5.74) is 4.32. The molecule has 5 N–H and O–H groups in total. The van der Waals surface area contributed by atoms with Gasteiger partial charge in [0.15, 0.2) is 35.8 Å². The largest absolute Gasteiger partial charge is 0.490 e. The average Bonchev–Trinajstić information content (AvgIpc) is 2.95. The number of nitrogens with zero attached hydrogens (tertiary/aromatic N) is 1. The maximum absolute atomic E-state index is 12.4. The first-order valence-corrected chi connectivity index (χ1v) is 13.9. The van der Waals surface area contributed by atoms with Crippen LogP contribution < -0.4 is 35.0 Å². The summed E-state index contributed by atoms with van der Waals surface area (Å²) in [6.45, 7) is 5.07. The molecule has 0 fully saturated rings. The second kappa shape index (κ2) is 15.7. The topological polar surface area (TPSA) is 186 Å². The zero-order valence-electron chi connectivity index (χ0n) is 23.9. The fourth-order valence-corrected chi connectivity index (χ4v) is 4.59. The zero-order valence-corrected chi connectivity index (χ0v) is 25.5. The van der Waals surface area contributed by atoms with Gasteiger partial charge >= 0.3 is 18.0 Å². The van der Waals surface area contributed by atoms with E-state index in [9.17, 15) is 19.5 Å². The number of amides is 2. The highest BCUT2D eigenvalue weighted by molar-refractivity contribution is 9.10. The van der Waals surface area contributed by atoms with E-state index in [1.165, 1.54) is 13.3 Å². The van der Waals surface area contributed by atoms with E-state index in [0.717, 1.165) is 0 Å². The highest BCUT2D eigenvalue weighted by Crippen LogP contribution is 2.37. The SMILES string of the molecule is CCOc1cc([C@H]2NC(=O)NC(C)=C2C(=O)OC)ccc1OC[C@@H](O)N/N=C\c1cc(Br)c(OCC(=O)O)c(OCC)c1. The smallest absolute Gasteiger partial charge is 0.341 e. The number of carbonyl (C=O) groups is 3. The fourth-order valence-electron chi connectivity index (χ4n) is 4.02. The third-order valence-electron chi connectivity index (χ3n) is 5.78. The van der Waals surface area contributed by atoms with Crippen molar-refractivity contribution in [2.24, 2.45) is 5.10 Å². The number of ether oxygens (including phenoxy) is 5. The minimum absolute atomic E-state index is 0.205. The lowest BCUT2D eigenvalue weighted by atomic mass is 9.95. The summed E-state index contributed by atoms with van der Waals surface area (Å²) in [5.74, 6) is -0.494. The molecule has 1 aliphatic rings. The summed E-state index contributed by atoms with van der Waals surface area (Å²) in [6, 6.07) is 6.93. The summed E-state index contributed by atoms with van der Waals surface area (Å²) in [6.07, 6.45) is 0.221. The molecule has 1 heterocycles. The Morgan fingerprint density at radius 3 is 2.49 bits per heavy atom. The van der Waals surface area contributed by atoms with Crippen molar-refractivity contribution in [3.05, 3.63) is 57.2 Å². The van der Waals surface area contributed by atoms with Crippen LogP contribution in [-0.2, 0) is 14.3 Å². The van der Waals surface area contributed by atoms with Crippen LogP contribution in [0, 0.1) is 0 Å². The minimum Gasteiger partial charge on any atom is -0.490 e. The van der Waals surface area contributed by atoms with Gasteiger partial charge in [-0.1, -0.05) is 6.07 Å². The summed E-state index contributed by atoms with van der Waals surface area (Å²) in [5, 5.41) is 28.6. The Morgan fingerprint density at radius 2 is 1.81 bits per heavy atom. The van der Waals surface area contributed by atoms with E-state index in [4.69, 9.17) is 28.8 Å². The summed E-state index contributed by atoms with van der Waals surface area (Å²) in [4.78, 5) is 35.4. The number of hydrogen-bond acceptors (Lipinski definition) is 11. The van der Waals surface area contributed by atoms with Crippen LogP contribution in [-0.4, -0.2) is 74.2 Å². The Hall–Kier alpha value is -4.50. The molecule has 0 bridgehead atoms. The maximum atomic E-state index is 12.4. The first-order valence-electron chi connectivity index (χ1n) is 13.1. The molecule has 3 rings (SSSR count). The number of aliphatic hydroxyl groups excluding tert-OH is 1. The number of halogens is 1. The number of urea groups is 1. The number of esters is 1. The number of benzene rings is 2. The van der Waals surface area contributed by atoms with Gasteiger partial charge in [-0.15, -0.1) is 0 Å². The number of aliphatic carboxylic acids is 1. The van der Waals surface area contributed by atoms with E-state index < -0.39 is 36.8 Å². The van der Waals surface area contributed by atoms with Gasteiger partial charge in [0.1, 0.15) is 6.61 Å². The Balaban J connectivity index is 1.69. The molecule has 2 amide bonds. The molecule has 15 heteroatoms. The van der Waals surface area contributed by atoms with Crippen LogP contribution in [0.3, 0.4) is 0 Å². The Labute approximate surface area is 256 Å². The number of hydrazone groups is 1. The summed E-state index contributed by atoms with van der Waals surface area (Å²) < 4.78 is 27.7. The number of hydrogen-bond donors (Lipinski definition) is 5. The Morgan fingerprint density at radius 1 is 1.09 bits per heavy atom. The molecule has 2 aromatic carbocycles. The summed E-state index contributed by atoms with van der Waals surface area (Å²) >= 11 is 3.35. The van der Waals surface area contributed by atoms with Crippen molar-refractivity contribution in [3.63, 3.8) is 0 Å². The van der Waals surface area contributed by atoms with Gasteiger partial charge in [-0.3, -0.25) is 5.43 Å². The number of rotatable bonds is 15. The predicted molar refractivity (Wildman–Crippen MR) is 157 cm³/mol. The lowest BCUT2D eigenvalue weighted by Crippen LogP contribution is -2.45. The molecule has 0 saturated heterocycles. The number of methoxy groups -OCH3 is 1. The van der Waals surface area contributed by atoms with Crippen molar-refractivity contribution in [3.8, 4) is 23.0 Å². The Bertz CT molecular complexity index is 1400. The molecule has 0 aromatic heterocycles. The Kier molecular flexibility index (Phi) is 12.0. The van der Waals surface area contributed by atoms with E-state index >= 15 is 0 Å². The predicted octanol–water partition coefficient (Wildman–Crippen LogP) is 2.83. The van der Waals surface area contributed by atoms with Gasteiger partial charge in [0.25, 0.3) is 0 Å². The highest BCUT2D eigenvalue weighted by Gasteiger charge is 2.32. The first kappa shape index (κ1) is 33.0. The van der Waals surface area contributed by atoms with Crippen molar-refractivity contribution in [1.29, 1.82) is 0 Å². The van der Waals surface area contributed by atoms with Crippen LogP contribution in [0.4, 0.5) is 4.79 Å². The van der Waals surface area contributed by atoms with Crippen LogP contribution in [0.2, 0.25) is 0 Å². The van der Waals surface area contributed by atoms with Crippen molar-refractivity contribution in [2.75, 3.05) is 33.5 Å². The molecule has 0 spiro atoms. The van der Waals surface area contributed by atoms with Crippen molar-refractivity contribution < 1.29 is 48.3 Å². The van der Waals surface area contributed by atoms with Gasteiger partial charge in [0, 0.05) is 5.70 Å². The third kappa shape index (κ3) is 8.99. The average molecular weight is 665 g/mol. The highest BCUT2D eigenvalue weighted by atomic mass is 79.9. The number of nitrogens with one attached hydrogen (secondary N) is 3. The molecule has 2 aromatic rings. The fraction of sp³-hybridized carbons (Fsp3) is 0.357. The summed E-state index contributed by atoms with van der Waals surface area (Å²) in [7, 11) is 1.26. The molecule has 14 nitrogen and oxygen atoms in total. The van der Waals surface area contributed by atoms with Crippen LogP contribution in [0.5, 0.6) is 23.0 Å². The first-order chi connectivity index (χ1) is 20.6. The third-order valence-corrected chi connectivity index (χ3v) is 6.37. The molecule has 2 atom stereocenters. The molecular formula is C28H33BrN4O10. The van der Waals surface area contributed by atoms with Crippen molar-refractivity contribution in [2.45, 2.75) is 33.0 Å². The van der Waals surface area contributed by atoms with E-state index in [2.05, 4.69) is 37.1 Å². The van der Waals surface area contributed by atoms with Gasteiger partial charge in [0.2, 0.25) is 0 Å². The molecule has 1 aliphatic heterocycles. The number of carboxylic acid groups (broad SMARTS) is 1. The normalized spacial score (nSPS) is 15.3. The lowest BCUT2D eigenvalue weighted by Gasteiger charge is -2.28. The second-order valence-corrected chi connectivity index (χ2v) is 9.71. The molecule has 0 aliphatic carbocycles. The number of aliphatic hydroxyl groups is 1. The van der Waals surface area contributed by atoms with Crippen LogP contribution >= 0.6 is 15.9 Å². The molecule has 0 unspecified atom stereocenters. The number of carboxylic acids is 1.